The van der Waals surface area contributed by atoms with Crippen molar-refractivity contribution in [2.75, 3.05) is 5.75 Å². The first-order valence-electron chi connectivity index (χ1n) is 3.85. The minimum absolute atomic E-state index is 0.320. The van der Waals surface area contributed by atoms with Crippen molar-refractivity contribution in [3.05, 3.63) is 41.5 Å². The second-order valence-electron chi connectivity index (χ2n) is 2.48. The summed E-state index contributed by atoms with van der Waals surface area (Å²) >= 11 is 4.00. The minimum atomic E-state index is -0.903. The van der Waals surface area contributed by atoms with Crippen LogP contribution in [-0.4, -0.2) is 16.8 Å². The Kier molecular flexibility index (Phi) is 3.58. The Morgan fingerprint density at radius 3 is 2.77 bits per heavy atom. The Labute approximate surface area is 82.3 Å². The van der Waals surface area contributed by atoms with Gasteiger partial charge in [-0.2, -0.15) is 12.6 Å². The lowest BCUT2D eigenvalue weighted by Gasteiger charge is -1.98. The monoisotopic (exact) mass is 194 g/mol. The summed E-state index contributed by atoms with van der Waals surface area (Å²) in [6.07, 6.45) is 3.57. The number of hydrogen-bond donors (Lipinski definition) is 2. The Hall–Kier alpha value is -1.22. The number of aromatic carboxylic acids is 1. The molecule has 0 saturated carbocycles. The predicted octanol–water partition coefficient (Wildman–Crippen LogP) is 2.33. The van der Waals surface area contributed by atoms with Gasteiger partial charge in [-0.1, -0.05) is 30.4 Å². The molecule has 0 fully saturated rings. The molecule has 13 heavy (non-hydrogen) atoms. The summed E-state index contributed by atoms with van der Waals surface area (Å²) in [7, 11) is 0. The van der Waals surface area contributed by atoms with Crippen LogP contribution in [0.5, 0.6) is 0 Å². The van der Waals surface area contributed by atoms with E-state index in [1.807, 2.05) is 12.1 Å². The van der Waals surface area contributed by atoms with Crippen molar-refractivity contribution in [3.8, 4) is 0 Å². The molecule has 0 aliphatic rings. The number of carboxylic acids is 1. The van der Waals surface area contributed by atoms with Crippen LogP contribution in [0.3, 0.4) is 0 Å². The minimum Gasteiger partial charge on any atom is -0.478 e. The van der Waals surface area contributed by atoms with Crippen molar-refractivity contribution in [2.45, 2.75) is 0 Å². The Morgan fingerprint density at radius 1 is 1.46 bits per heavy atom. The SMILES string of the molecule is O=C(O)c1ccccc1C=CCS. The molecule has 1 aromatic carbocycles. The molecule has 0 aliphatic heterocycles. The zero-order valence-electron chi connectivity index (χ0n) is 6.97. The average Bonchev–Trinajstić information content (AvgIpc) is 2.15. The quantitative estimate of drug-likeness (QED) is 0.725. The zero-order chi connectivity index (χ0) is 9.68. The van der Waals surface area contributed by atoms with Gasteiger partial charge in [-0.05, 0) is 11.6 Å². The lowest BCUT2D eigenvalue weighted by atomic mass is 10.1. The van der Waals surface area contributed by atoms with Crippen molar-refractivity contribution >= 4 is 24.7 Å². The Balaban J connectivity index is 3.05. The van der Waals surface area contributed by atoms with Crippen molar-refractivity contribution < 1.29 is 9.90 Å². The van der Waals surface area contributed by atoms with Gasteiger partial charge in [-0.3, -0.25) is 0 Å². The van der Waals surface area contributed by atoms with Crippen molar-refractivity contribution in [3.63, 3.8) is 0 Å². The van der Waals surface area contributed by atoms with Crippen LogP contribution in [0.2, 0.25) is 0 Å². The first-order valence-corrected chi connectivity index (χ1v) is 4.48. The van der Waals surface area contributed by atoms with E-state index < -0.39 is 5.97 Å². The highest BCUT2D eigenvalue weighted by Gasteiger charge is 2.05. The molecule has 1 aromatic rings. The highest BCUT2D eigenvalue weighted by atomic mass is 32.1. The van der Waals surface area contributed by atoms with Crippen LogP contribution in [-0.2, 0) is 0 Å². The van der Waals surface area contributed by atoms with E-state index in [0.717, 1.165) is 0 Å². The molecule has 0 aliphatic carbocycles. The van der Waals surface area contributed by atoms with Gasteiger partial charge >= 0.3 is 5.97 Å². The number of carboxylic acid groups (broad SMARTS) is 1. The smallest absolute Gasteiger partial charge is 0.336 e. The molecule has 0 heterocycles. The number of benzene rings is 1. The Bertz CT molecular complexity index is 331. The third kappa shape index (κ3) is 2.63. The number of rotatable bonds is 3. The van der Waals surface area contributed by atoms with Gasteiger partial charge in [-0.15, -0.1) is 0 Å². The molecule has 0 saturated heterocycles. The third-order valence-electron chi connectivity index (χ3n) is 1.59. The molecule has 0 amide bonds. The van der Waals surface area contributed by atoms with Gasteiger partial charge < -0.3 is 5.11 Å². The van der Waals surface area contributed by atoms with E-state index in [0.29, 0.717) is 16.9 Å². The molecular formula is C10H10O2S. The fourth-order valence-corrected chi connectivity index (χ4v) is 1.12. The van der Waals surface area contributed by atoms with Gasteiger partial charge in [-0.25, -0.2) is 4.79 Å². The molecule has 1 rings (SSSR count). The van der Waals surface area contributed by atoms with Crippen LogP contribution in [0, 0.1) is 0 Å². The molecule has 0 aromatic heterocycles. The summed E-state index contributed by atoms with van der Waals surface area (Å²) in [4.78, 5) is 10.7. The number of thiol groups is 1. The summed E-state index contributed by atoms with van der Waals surface area (Å²) in [5.41, 5.74) is 1.03. The van der Waals surface area contributed by atoms with Crippen LogP contribution in [0.25, 0.3) is 6.08 Å². The van der Waals surface area contributed by atoms with Crippen molar-refractivity contribution in [1.82, 2.24) is 0 Å². The second kappa shape index (κ2) is 4.72. The van der Waals surface area contributed by atoms with Crippen LogP contribution in [0.1, 0.15) is 15.9 Å². The molecule has 2 nitrogen and oxygen atoms in total. The molecule has 1 N–H and O–H groups in total. The van der Waals surface area contributed by atoms with Crippen LogP contribution in [0.4, 0.5) is 0 Å². The van der Waals surface area contributed by atoms with Gasteiger partial charge in [0.05, 0.1) is 5.56 Å². The molecule has 3 heteroatoms. The van der Waals surface area contributed by atoms with Crippen LogP contribution < -0.4 is 0 Å². The number of carbonyl (C=O) groups is 1. The van der Waals surface area contributed by atoms with E-state index in [9.17, 15) is 4.79 Å². The summed E-state index contributed by atoms with van der Waals surface area (Å²) in [6.45, 7) is 0. The van der Waals surface area contributed by atoms with Gasteiger partial charge in [0.25, 0.3) is 0 Å². The zero-order valence-corrected chi connectivity index (χ0v) is 7.87. The maximum absolute atomic E-state index is 10.7. The third-order valence-corrected chi connectivity index (χ3v) is 1.80. The van der Waals surface area contributed by atoms with Gasteiger partial charge in [0.15, 0.2) is 0 Å². The topological polar surface area (TPSA) is 37.3 Å². The average molecular weight is 194 g/mol. The lowest BCUT2D eigenvalue weighted by Crippen LogP contribution is -1.98. The molecule has 0 unspecified atom stereocenters. The predicted molar refractivity (Wildman–Crippen MR) is 56.3 cm³/mol. The first-order chi connectivity index (χ1) is 6.25. The maximum atomic E-state index is 10.7. The summed E-state index contributed by atoms with van der Waals surface area (Å²) in [5, 5.41) is 8.81. The van der Waals surface area contributed by atoms with E-state index in [1.54, 1.807) is 24.3 Å². The fraction of sp³-hybridized carbons (Fsp3) is 0.100. The second-order valence-corrected chi connectivity index (χ2v) is 2.84. The lowest BCUT2D eigenvalue weighted by molar-refractivity contribution is 0.0696. The van der Waals surface area contributed by atoms with E-state index in [4.69, 9.17) is 5.11 Å². The molecule has 68 valence electrons. The summed E-state index contributed by atoms with van der Waals surface area (Å²) in [6, 6.07) is 6.87. The Morgan fingerprint density at radius 2 is 2.15 bits per heavy atom. The standard InChI is InChI=1S/C10H10O2S/c11-10(12)9-6-2-1-4-8(9)5-3-7-13/h1-6,13H,7H2,(H,11,12). The van der Waals surface area contributed by atoms with Gasteiger partial charge in [0.1, 0.15) is 0 Å². The summed E-state index contributed by atoms with van der Waals surface area (Å²) < 4.78 is 0. The van der Waals surface area contributed by atoms with Crippen LogP contribution in [0.15, 0.2) is 30.3 Å². The largest absolute Gasteiger partial charge is 0.478 e. The number of hydrogen-bond acceptors (Lipinski definition) is 2. The van der Waals surface area contributed by atoms with E-state index in [-0.39, 0.29) is 0 Å². The molecule has 0 bridgehead atoms. The van der Waals surface area contributed by atoms with Crippen molar-refractivity contribution in [1.29, 1.82) is 0 Å². The van der Waals surface area contributed by atoms with E-state index in [2.05, 4.69) is 12.6 Å². The maximum Gasteiger partial charge on any atom is 0.336 e. The van der Waals surface area contributed by atoms with E-state index in [1.165, 1.54) is 0 Å². The highest BCUT2D eigenvalue weighted by molar-refractivity contribution is 7.80. The van der Waals surface area contributed by atoms with E-state index >= 15 is 0 Å². The molecule has 0 atom stereocenters. The van der Waals surface area contributed by atoms with Crippen LogP contribution >= 0.6 is 12.6 Å². The molecule has 0 radical (unpaired) electrons. The highest BCUT2D eigenvalue weighted by Crippen LogP contribution is 2.10. The van der Waals surface area contributed by atoms with Crippen molar-refractivity contribution in [2.24, 2.45) is 0 Å². The molecular weight excluding hydrogens is 184 g/mol. The summed E-state index contributed by atoms with van der Waals surface area (Å²) in [5.74, 6) is -0.298. The first kappa shape index (κ1) is 9.86. The molecule has 0 spiro atoms. The van der Waals surface area contributed by atoms with Gasteiger partial charge in [0, 0.05) is 5.75 Å². The van der Waals surface area contributed by atoms with Gasteiger partial charge in [0.2, 0.25) is 0 Å². The fourth-order valence-electron chi connectivity index (χ4n) is 1.02. The normalized spacial score (nSPS) is 10.5.